The molecular weight excluding hydrogens is 288 g/mol. The van der Waals surface area contributed by atoms with Gasteiger partial charge in [0.2, 0.25) is 0 Å². The number of carboxylic acids is 1. The maximum absolute atomic E-state index is 10.8. The average molecular weight is 306 g/mol. The largest absolute Gasteiger partial charge is 0.481 e. The number of aromatic nitrogens is 2. The highest BCUT2D eigenvalue weighted by Crippen LogP contribution is 2.27. The zero-order valence-electron chi connectivity index (χ0n) is 11.9. The second kappa shape index (κ2) is 6.07. The van der Waals surface area contributed by atoms with E-state index >= 15 is 0 Å². The number of hydrogen-bond acceptors (Lipinski definition) is 4. The molecule has 1 aromatic carbocycles. The van der Waals surface area contributed by atoms with Crippen LogP contribution in [0.25, 0.3) is 11.0 Å². The standard InChI is InChI=1S/C15H18N2O3S/c1-10-2-3-12-13(6-10)17(7-11-4-5-20-8-11)15(16-12)21-9-14(18)19/h2-3,6,11H,4-5,7-9H2,1H3,(H,18,19). The van der Waals surface area contributed by atoms with Crippen LogP contribution in [0.2, 0.25) is 0 Å². The van der Waals surface area contributed by atoms with E-state index in [1.54, 1.807) is 0 Å². The predicted molar refractivity (Wildman–Crippen MR) is 81.8 cm³/mol. The molecule has 6 heteroatoms. The number of aliphatic carboxylic acids is 1. The summed E-state index contributed by atoms with van der Waals surface area (Å²) in [4.78, 5) is 15.4. The number of ether oxygens (including phenoxy) is 1. The van der Waals surface area contributed by atoms with Crippen LogP contribution >= 0.6 is 11.8 Å². The van der Waals surface area contributed by atoms with Gasteiger partial charge < -0.3 is 14.4 Å². The lowest BCUT2D eigenvalue weighted by Gasteiger charge is -2.12. The molecule has 0 bridgehead atoms. The number of benzene rings is 1. The molecule has 0 saturated carbocycles. The molecule has 0 radical (unpaired) electrons. The van der Waals surface area contributed by atoms with E-state index in [1.807, 2.05) is 12.1 Å². The molecule has 3 rings (SSSR count). The van der Waals surface area contributed by atoms with E-state index in [1.165, 1.54) is 17.3 Å². The summed E-state index contributed by atoms with van der Waals surface area (Å²) in [6.07, 6.45) is 1.05. The summed E-state index contributed by atoms with van der Waals surface area (Å²) < 4.78 is 7.59. The van der Waals surface area contributed by atoms with Crippen molar-refractivity contribution in [1.82, 2.24) is 9.55 Å². The first-order chi connectivity index (χ1) is 10.1. The number of carbonyl (C=O) groups is 1. The molecule has 112 valence electrons. The summed E-state index contributed by atoms with van der Waals surface area (Å²) in [6, 6.07) is 6.14. The van der Waals surface area contributed by atoms with Crippen LogP contribution in [0.15, 0.2) is 23.4 Å². The highest BCUT2D eigenvalue weighted by molar-refractivity contribution is 7.99. The zero-order chi connectivity index (χ0) is 14.8. The van der Waals surface area contributed by atoms with Crippen molar-refractivity contribution < 1.29 is 14.6 Å². The molecule has 1 atom stereocenters. The minimum atomic E-state index is -0.820. The Morgan fingerprint density at radius 1 is 1.57 bits per heavy atom. The van der Waals surface area contributed by atoms with Crippen molar-refractivity contribution in [2.75, 3.05) is 19.0 Å². The van der Waals surface area contributed by atoms with Crippen molar-refractivity contribution in [3.63, 3.8) is 0 Å². The molecule has 21 heavy (non-hydrogen) atoms. The van der Waals surface area contributed by atoms with Gasteiger partial charge in [0.15, 0.2) is 5.16 Å². The fourth-order valence-electron chi connectivity index (χ4n) is 2.61. The van der Waals surface area contributed by atoms with Crippen LogP contribution in [0.4, 0.5) is 0 Å². The van der Waals surface area contributed by atoms with Crippen LogP contribution in [0.3, 0.4) is 0 Å². The van der Waals surface area contributed by atoms with Crippen molar-refractivity contribution in [2.45, 2.75) is 25.0 Å². The van der Waals surface area contributed by atoms with Crippen LogP contribution in [-0.4, -0.2) is 39.6 Å². The number of thioether (sulfide) groups is 1. The third kappa shape index (κ3) is 3.22. The summed E-state index contributed by atoms with van der Waals surface area (Å²) in [5, 5.41) is 9.67. The maximum Gasteiger partial charge on any atom is 0.313 e. The van der Waals surface area contributed by atoms with Gasteiger partial charge in [-0.25, -0.2) is 4.98 Å². The Balaban J connectivity index is 1.96. The van der Waals surface area contributed by atoms with Crippen LogP contribution in [-0.2, 0) is 16.1 Å². The fraction of sp³-hybridized carbons (Fsp3) is 0.467. The summed E-state index contributed by atoms with van der Waals surface area (Å²) in [6.45, 7) is 4.48. The zero-order valence-corrected chi connectivity index (χ0v) is 12.7. The Hall–Kier alpha value is -1.53. The van der Waals surface area contributed by atoms with Gasteiger partial charge in [0.1, 0.15) is 0 Å². The number of hydrogen-bond donors (Lipinski definition) is 1. The molecule has 1 saturated heterocycles. The molecule has 0 aliphatic carbocycles. The number of aryl methyl sites for hydroxylation is 1. The Morgan fingerprint density at radius 2 is 2.43 bits per heavy atom. The van der Waals surface area contributed by atoms with Crippen molar-refractivity contribution in [2.24, 2.45) is 5.92 Å². The predicted octanol–water partition coefficient (Wildman–Crippen LogP) is 2.56. The van der Waals surface area contributed by atoms with Crippen LogP contribution in [0, 0.1) is 12.8 Å². The highest BCUT2D eigenvalue weighted by atomic mass is 32.2. The maximum atomic E-state index is 10.8. The van der Waals surface area contributed by atoms with Gasteiger partial charge in [-0.1, -0.05) is 17.8 Å². The molecule has 0 amide bonds. The molecule has 1 unspecified atom stereocenters. The molecule has 1 fully saturated rings. The van der Waals surface area contributed by atoms with Crippen LogP contribution < -0.4 is 0 Å². The number of rotatable bonds is 5. The van der Waals surface area contributed by atoms with Crippen molar-refractivity contribution in [1.29, 1.82) is 0 Å². The van der Waals surface area contributed by atoms with Crippen molar-refractivity contribution in [3.8, 4) is 0 Å². The highest BCUT2D eigenvalue weighted by Gasteiger charge is 2.20. The Morgan fingerprint density at radius 3 is 3.14 bits per heavy atom. The molecule has 2 heterocycles. The summed E-state index contributed by atoms with van der Waals surface area (Å²) in [5.74, 6) is -0.310. The van der Waals surface area contributed by atoms with Crippen LogP contribution in [0.1, 0.15) is 12.0 Å². The van der Waals surface area contributed by atoms with Gasteiger partial charge in [-0.2, -0.15) is 0 Å². The summed E-state index contributed by atoms with van der Waals surface area (Å²) >= 11 is 1.28. The van der Waals surface area contributed by atoms with E-state index in [0.717, 1.165) is 42.4 Å². The third-order valence-corrected chi connectivity index (χ3v) is 4.62. The van der Waals surface area contributed by atoms with Gasteiger partial charge in [0, 0.05) is 19.1 Å². The second-order valence-corrected chi connectivity index (χ2v) is 6.35. The third-order valence-electron chi connectivity index (χ3n) is 3.66. The van der Waals surface area contributed by atoms with E-state index in [-0.39, 0.29) is 5.75 Å². The average Bonchev–Trinajstić information content (AvgIpc) is 3.06. The number of nitrogens with zero attached hydrogens (tertiary/aromatic N) is 2. The van der Waals surface area contributed by atoms with E-state index in [0.29, 0.717) is 5.92 Å². The molecule has 1 N–H and O–H groups in total. The fourth-order valence-corrected chi connectivity index (χ4v) is 3.35. The first-order valence-electron chi connectivity index (χ1n) is 7.02. The molecule has 2 aromatic rings. The Labute approximate surface area is 127 Å². The second-order valence-electron chi connectivity index (χ2n) is 5.41. The number of imidazole rings is 1. The monoisotopic (exact) mass is 306 g/mol. The number of carboxylic acid groups (broad SMARTS) is 1. The van der Waals surface area contributed by atoms with Gasteiger partial charge in [-0.3, -0.25) is 4.79 Å². The molecular formula is C15H18N2O3S. The lowest BCUT2D eigenvalue weighted by Crippen LogP contribution is -2.12. The van der Waals surface area contributed by atoms with Crippen LogP contribution in [0.5, 0.6) is 0 Å². The quantitative estimate of drug-likeness (QED) is 0.860. The summed E-state index contributed by atoms with van der Waals surface area (Å²) in [7, 11) is 0. The SMILES string of the molecule is Cc1ccc2nc(SCC(=O)O)n(CC3CCOC3)c2c1. The minimum Gasteiger partial charge on any atom is -0.481 e. The van der Waals surface area contributed by atoms with E-state index < -0.39 is 5.97 Å². The Kier molecular flexibility index (Phi) is 4.17. The van der Waals surface area contributed by atoms with Gasteiger partial charge in [-0.05, 0) is 31.0 Å². The van der Waals surface area contributed by atoms with E-state index in [9.17, 15) is 4.79 Å². The smallest absolute Gasteiger partial charge is 0.313 e. The number of fused-ring (bicyclic) bond motifs is 1. The van der Waals surface area contributed by atoms with Gasteiger partial charge in [0.25, 0.3) is 0 Å². The topological polar surface area (TPSA) is 64.3 Å². The summed E-state index contributed by atoms with van der Waals surface area (Å²) in [5.41, 5.74) is 3.18. The molecule has 1 aliphatic rings. The Bertz CT molecular complexity index is 662. The van der Waals surface area contributed by atoms with E-state index in [4.69, 9.17) is 9.84 Å². The van der Waals surface area contributed by atoms with Gasteiger partial charge in [0.05, 0.1) is 23.4 Å². The molecule has 1 aliphatic heterocycles. The minimum absolute atomic E-state index is 0.0312. The van der Waals surface area contributed by atoms with Crippen molar-refractivity contribution >= 4 is 28.8 Å². The van der Waals surface area contributed by atoms with Crippen molar-refractivity contribution in [3.05, 3.63) is 23.8 Å². The van der Waals surface area contributed by atoms with Gasteiger partial charge >= 0.3 is 5.97 Å². The van der Waals surface area contributed by atoms with E-state index in [2.05, 4.69) is 22.5 Å². The molecule has 0 spiro atoms. The van der Waals surface area contributed by atoms with Gasteiger partial charge in [-0.15, -0.1) is 0 Å². The molecule has 5 nitrogen and oxygen atoms in total. The lowest BCUT2D eigenvalue weighted by molar-refractivity contribution is -0.133. The first-order valence-corrected chi connectivity index (χ1v) is 8.01. The first kappa shape index (κ1) is 14.4. The molecule has 1 aromatic heterocycles. The lowest BCUT2D eigenvalue weighted by atomic mass is 10.1. The normalized spacial score (nSPS) is 18.4.